The molecule has 0 aromatic heterocycles. The van der Waals surface area contributed by atoms with Gasteiger partial charge < -0.3 is 15.6 Å². The van der Waals surface area contributed by atoms with Gasteiger partial charge in [-0.2, -0.15) is 0 Å². The molecule has 0 aromatic carbocycles. The second kappa shape index (κ2) is 4.26. The van der Waals surface area contributed by atoms with E-state index in [0.29, 0.717) is 0 Å². The Morgan fingerprint density at radius 3 is 2.42 bits per heavy atom. The molecule has 70 valence electrons. The third-order valence-corrected chi connectivity index (χ3v) is 1.13. The van der Waals surface area contributed by atoms with E-state index < -0.39 is 11.7 Å². The summed E-state index contributed by atoms with van der Waals surface area (Å²) < 4.78 is 5.27. The minimum Gasteiger partial charge on any atom is -0.393 e. The van der Waals surface area contributed by atoms with E-state index in [-0.39, 0.29) is 12.3 Å². The van der Waals surface area contributed by atoms with Crippen molar-refractivity contribution in [1.29, 1.82) is 0 Å². The van der Waals surface area contributed by atoms with E-state index in [2.05, 4.69) is 0 Å². The van der Waals surface area contributed by atoms with E-state index in [1.54, 1.807) is 0 Å². The van der Waals surface area contributed by atoms with Crippen molar-refractivity contribution in [3.63, 3.8) is 0 Å². The largest absolute Gasteiger partial charge is 0.393 e. The first-order valence-electron chi connectivity index (χ1n) is 3.70. The summed E-state index contributed by atoms with van der Waals surface area (Å²) in [6.07, 6.45) is -0.748. The zero-order valence-corrected chi connectivity index (χ0v) is 7.63. The highest BCUT2D eigenvalue weighted by Gasteiger charge is 2.20. The predicted molar refractivity (Wildman–Crippen MR) is 45.1 cm³/mol. The van der Waals surface area contributed by atoms with Crippen molar-refractivity contribution in [1.82, 2.24) is 0 Å². The molecule has 0 saturated carbocycles. The van der Waals surface area contributed by atoms with E-state index in [1.165, 1.54) is 5.94 Å². The lowest BCUT2D eigenvalue weighted by atomic mass is 10.1. The maximum Gasteiger partial charge on any atom is 0.148 e. The molecule has 0 spiro atoms. The number of aliphatic hydroxyl groups is 1. The first-order valence-corrected chi connectivity index (χ1v) is 3.70. The molecule has 12 heavy (non-hydrogen) atoms. The molecule has 0 rings (SSSR count). The average Bonchev–Trinajstić information content (AvgIpc) is 1.97. The summed E-state index contributed by atoms with van der Waals surface area (Å²) in [6.45, 7) is 5.13. The fourth-order valence-electron chi connectivity index (χ4n) is 0.692. The molecule has 0 amide bonds. The Morgan fingerprint density at radius 1 is 1.67 bits per heavy atom. The van der Waals surface area contributed by atoms with Crippen molar-refractivity contribution in [2.24, 2.45) is 5.73 Å². The molecule has 0 aliphatic heterocycles. The first-order chi connectivity index (χ1) is 5.40. The van der Waals surface area contributed by atoms with E-state index in [4.69, 9.17) is 15.6 Å². The van der Waals surface area contributed by atoms with Crippen LogP contribution in [0.15, 0.2) is 5.70 Å². The highest BCUT2D eigenvalue weighted by atomic mass is 16.5. The average molecular weight is 173 g/mol. The Morgan fingerprint density at radius 2 is 2.17 bits per heavy atom. The second-order valence-corrected chi connectivity index (χ2v) is 3.46. The smallest absolute Gasteiger partial charge is 0.148 e. The molecule has 0 heterocycles. The third kappa shape index (κ3) is 4.13. The van der Waals surface area contributed by atoms with Gasteiger partial charge in [-0.05, 0) is 20.8 Å². The Hall–Kier alpha value is -0.830. The van der Waals surface area contributed by atoms with Crippen LogP contribution in [-0.4, -0.2) is 29.4 Å². The lowest BCUT2D eigenvalue weighted by molar-refractivity contribution is -0.0627. The number of aliphatic hydroxyl groups excluding tert-OH is 1. The van der Waals surface area contributed by atoms with Crippen LogP contribution in [0.1, 0.15) is 20.8 Å². The van der Waals surface area contributed by atoms with Gasteiger partial charge in [-0.25, -0.2) is 4.79 Å². The van der Waals surface area contributed by atoms with Gasteiger partial charge in [0.1, 0.15) is 17.7 Å². The number of rotatable bonds is 3. The molecule has 0 fully saturated rings. The lowest BCUT2D eigenvalue weighted by Gasteiger charge is -2.25. The van der Waals surface area contributed by atoms with E-state index >= 15 is 0 Å². The SMILES string of the molecule is CC(C)(C)OC(CO)C(N)=C=O. The van der Waals surface area contributed by atoms with Crippen LogP contribution < -0.4 is 5.73 Å². The van der Waals surface area contributed by atoms with Crippen molar-refractivity contribution in [3.05, 3.63) is 5.70 Å². The molecule has 1 unspecified atom stereocenters. The lowest BCUT2D eigenvalue weighted by Crippen LogP contribution is -2.34. The molecule has 0 saturated heterocycles. The summed E-state index contributed by atoms with van der Waals surface area (Å²) >= 11 is 0. The Kier molecular flexibility index (Phi) is 3.96. The van der Waals surface area contributed by atoms with Gasteiger partial charge in [0.2, 0.25) is 0 Å². The third-order valence-electron chi connectivity index (χ3n) is 1.13. The van der Waals surface area contributed by atoms with Gasteiger partial charge in [-0.3, -0.25) is 0 Å². The molecule has 4 nitrogen and oxygen atoms in total. The van der Waals surface area contributed by atoms with E-state index in [9.17, 15) is 4.79 Å². The maximum absolute atomic E-state index is 10.1. The second-order valence-electron chi connectivity index (χ2n) is 3.46. The molecule has 3 N–H and O–H groups in total. The zero-order valence-electron chi connectivity index (χ0n) is 7.63. The molecule has 0 aliphatic carbocycles. The topological polar surface area (TPSA) is 72.6 Å². The fourth-order valence-corrected chi connectivity index (χ4v) is 0.692. The quantitative estimate of drug-likeness (QED) is 0.581. The van der Waals surface area contributed by atoms with Crippen molar-refractivity contribution in [2.45, 2.75) is 32.5 Å². The van der Waals surface area contributed by atoms with Crippen LogP contribution in [0.2, 0.25) is 0 Å². The van der Waals surface area contributed by atoms with Crippen molar-refractivity contribution < 1.29 is 14.6 Å². The minimum atomic E-state index is -0.748. The zero-order chi connectivity index (χ0) is 9.78. The summed E-state index contributed by atoms with van der Waals surface area (Å²) in [4.78, 5) is 10.1. The molecule has 0 bridgehead atoms. The summed E-state index contributed by atoms with van der Waals surface area (Å²) in [5.74, 6) is 1.50. The number of nitrogens with two attached hydrogens (primary N) is 1. The monoisotopic (exact) mass is 173 g/mol. The number of carbonyl (C=O) groups excluding carboxylic acids is 1. The highest BCUT2D eigenvalue weighted by molar-refractivity contribution is 5.52. The standard InChI is InChI=1S/C8H15NO3/c1-8(2,3)12-7(5-11)6(9)4-10/h7,11H,5,9H2,1-3H3. The predicted octanol–water partition coefficient (Wildman–Crippen LogP) is -0.163. The maximum atomic E-state index is 10.1. The molecule has 0 aromatic rings. The number of hydrogen-bond donors (Lipinski definition) is 2. The molecule has 0 radical (unpaired) electrons. The van der Waals surface area contributed by atoms with Gasteiger partial charge >= 0.3 is 0 Å². The Bertz CT molecular complexity index is 189. The normalized spacial score (nSPS) is 13.7. The van der Waals surface area contributed by atoms with Crippen LogP contribution in [0.5, 0.6) is 0 Å². The first kappa shape index (κ1) is 11.2. The van der Waals surface area contributed by atoms with E-state index in [0.717, 1.165) is 0 Å². The van der Waals surface area contributed by atoms with Crippen molar-refractivity contribution >= 4 is 5.94 Å². The van der Waals surface area contributed by atoms with Gasteiger partial charge in [-0.15, -0.1) is 0 Å². The van der Waals surface area contributed by atoms with Gasteiger partial charge in [0.15, 0.2) is 0 Å². The van der Waals surface area contributed by atoms with Gasteiger partial charge in [0.05, 0.1) is 12.2 Å². The van der Waals surface area contributed by atoms with Crippen LogP contribution in [0.4, 0.5) is 0 Å². The number of hydrogen-bond acceptors (Lipinski definition) is 4. The van der Waals surface area contributed by atoms with E-state index in [1.807, 2.05) is 20.8 Å². The summed E-state index contributed by atoms with van der Waals surface area (Å²) in [7, 11) is 0. The number of ether oxygens (including phenoxy) is 1. The Balaban J connectivity index is 4.29. The summed E-state index contributed by atoms with van der Waals surface area (Å²) in [6, 6.07) is 0. The molecular weight excluding hydrogens is 158 g/mol. The van der Waals surface area contributed by atoms with Gasteiger partial charge in [0, 0.05) is 0 Å². The molecule has 0 aliphatic rings. The minimum absolute atomic E-state index is 0.104. The van der Waals surface area contributed by atoms with Crippen molar-refractivity contribution in [3.8, 4) is 0 Å². The Labute approximate surface area is 72.0 Å². The molecular formula is C8H15NO3. The van der Waals surface area contributed by atoms with Gasteiger partial charge in [-0.1, -0.05) is 0 Å². The summed E-state index contributed by atoms with van der Waals surface area (Å²) in [5.41, 5.74) is 4.70. The molecule has 4 heteroatoms. The fraction of sp³-hybridized carbons (Fsp3) is 0.750. The van der Waals surface area contributed by atoms with Gasteiger partial charge in [0.25, 0.3) is 0 Å². The van der Waals surface area contributed by atoms with Crippen LogP contribution in [0.25, 0.3) is 0 Å². The highest BCUT2D eigenvalue weighted by Crippen LogP contribution is 2.12. The van der Waals surface area contributed by atoms with Crippen LogP contribution in [-0.2, 0) is 9.53 Å². The van der Waals surface area contributed by atoms with Crippen LogP contribution >= 0.6 is 0 Å². The van der Waals surface area contributed by atoms with Crippen molar-refractivity contribution in [2.75, 3.05) is 6.61 Å². The van der Waals surface area contributed by atoms with Crippen LogP contribution in [0, 0.1) is 0 Å². The van der Waals surface area contributed by atoms with Crippen LogP contribution in [0.3, 0.4) is 0 Å². The summed E-state index contributed by atoms with van der Waals surface area (Å²) in [5, 5.41) is 8.79. The molecule has 1 atom stereocenters.